The molecule has 0 radical (unpaired) electrons. The van der Waals surface area contributed by atoms with Crippen LogP contribution in [0.15, 0.2) is 47.5 Å². The fraction of sp³-hybridized carbons (Fsp3) is 0.353. The second-order valence-electron chi connectivity index (χ2n) is 5.05. The van der Waals surface area contributed by atoms with Gasteiger partial charge in [0.05, 0.1) is 6.61 Å². The van der Waals surface area contributed by atoms with Crippen molar-refractivity contribution in [1.29, 1.82) is 0 Å². The fourth-order valence-electron chi connectivity index (χ4n) is 2.27. The molecule has 130 valence electrons. The molecule has 0 aliphatic rings. The predicted molar refractivity (Wildman–Crippen MR) is 95.2 cm³/mol. The summed E-state index contributed by atoms with van der Waals surface area (Å²) in [5.74, 6) is 1.38. The van der Waals surface area contributed by atoms with Gasteiger partial charge in [-0.3, -0.25) is 0 Å². The van der Waals surface area contributed by atoms with Crippen LogP contribution in [-0.2, 0) is 10.0 Å². The summed E-state index contributed by atoms with van der Waals surface area (Å²) in [5.41, 5.74) is 0.852. The van der Waals surface area contributed by atoms with E-state index >= 15 is 0 Å². The summed E-state index contributed by atoms with van der Waals surface area (Å²) in [6.07, 6.45) is 1.38. The number of ether oxygens (including phenoxy) is 1. The van der Waals surface area contributed by atoms with Crippen molar-refractivity contribution in [2.24, 2.45) is 0 Å². The van der Waals surface area contributed by atoms with Crippen LogP contribution < -0.4 is 10.1 Å². The van der Waals surface area contributed by atoms with Gasteiger partial charge >= 0.3 is 0 Å². The minimum atomic E-state index is -3.48. The van der Waals surface area contributed by atoms with E-state index in [0.29, 0.717) is 25.5 Å². The Hall–Kier alpha value is -2.12. The van der Waals surface area contributed by atoms with E-state index < -0.39 is 10.0 Å². The van der Waals surface area contributed by atoms with Gasteiger partial charge in [0, 0.05) is 25.0 Å². The van der Waals surface area contributed by atoms with Crippen molar-refractivity contribution in [3.8, 4) is 5.75 Å². The predicted octanol–water partition coefficient (Wildman–Crippen LogP) is 3.25. The monoisotopic (exact) mass is 349 g/mol. The molecule has 0 amide bonds. The average Bonchev–Trinajstić information content (AvgIpc) is 2.58. The molecule has 0 aliphatic carbocycles. The number of pyridine rings is 1. The average molecular weight is 349 g/mol. The molecule has 0 saturated heterocycles. The first kappa shape index (κ1) is 18.2. The second kappa shape index (κ2) is 8.12. The fourth-order valence-corrected chi connectivity index (χ4v) is 3.67. The Bertz CT molecular complexity index is 740. The maximum atomic E-state index is 12.4. The summed E-state index contributed by atoms with van der Waals surface area (Å²) >= 11 is 0. The zero-order valence-corrected chi connectivity index (χ0v) is 15.0. The van der Waals surface area contributed by atoms with Crippen LogP contribution in [0.5, 0.6) is 5.75 Å². The second-order valence-corrected chi connectivity index (χ2v) is 6.99. The number of benzene rings is 1. The Morgan fingerprint density at radius 2 is 1.71 bits per heavy atom. The molecule has 0 aliphatic heterocycles. The van der Waals surface area contributed by atoms with Crippen molar-refractivity contribution in [2.45, 2.75) is 25.7 Å². The summed E-state index contributed by atoms with van der Waals surface area (Å²) in [6, 6.07) is 10.7. The molecule has 2 rings (SSSR count). The van der Waals surface area contributed by atoms with E-state index in [0.717, 1.165) is 11.4 Å². The minimum Gasteiger partial charge on any atom is -0.494 e. The lowest BCUT2D eigenvalue weighted by atomic mass is 10.3. The number of nitrogens with zero attached hydrogens (tertiary/aromatic N) is 2. The maximum absolute atomic E-state index is 12.4. The maximum Gasteiger partial charge on any atom is 0.244 e. The van der Waals surface area contributed by atoms with Gasteiger partial charge in [-0.05, 0) is 43.3 Å². The van der Waals surface area contributed by atoms with E-state index in [4.69, 9.17) is 4.74 Å². The Morgan fingerprint density at radius 1 is 1.04 bits per heavy atom. The lowest BCUT2D eigenvalue weighted by Crippen LogP contribution is -2.30. The smallest absolute Gasteiger partial charge is 0.244 e. The molecule has 1 aromatic heterocycles. The first-order valence-corrected chi connectivity index (χ1v) is 9.41. The number of aromatic nitrogens is 1. The van der Waals surface area contributed by atoms with Crippen LogP contribution in [0, 0.1) is 0 Å². The van der Waals surface area contributed by atoms with E-state index in [1.165, 1.54) is 10.5 Å². The third-order valence-corrected chi connectivity index (χ3v) is 5.55. The first-order valence-electron chi connectivity index (χ1n) is 7.97. The van der Waals surface area contributed by atoms with E-state index in [1.54, 1.807) is 12.1 Å². The van der Waals surface area contributed by atoms with Gasteiger partial charge in [-0.1, -0.05) is 13.8 Å². The van der Waals surface area contributed by atoms with Crippen LogP contribution in [0.4, 0.5) is 11.5 Å². The quantitative estimate of drug-likeness (QED) is 0.792. The zero-order chi connectivity index (χ0) is 17.6. The lowest BCUT2D eigenvalue weighted by Gasteiger charge is -2.18. The lowest BCUT2D eigenvalue weighted by molar-refractivity contribution is 0.340. The molecular formula is C17H23N3O3S. The Morgan fingerprint density at radius 3 is 2.21 bits per heavy atom. The molecule has 0 spiro atoms. The summed E-state index contributed by atoms with van der Waals surface area (Å²) in [6.45, 7) is 7.06. The molecule has 0 atom stereocenters. The van der Waals surface area contributed by atoms with E-state index in [1.807, 2.05) is 45.0 Å². The van der Waals surface area contributed by atoms with Crippen LogP contribution in [0.1, 0.15) is 20.8 Å². The van der Waals surface area contributed by atoms with Gasteiger partial charge in [0.2, 0.25) is 10.0 Å². The molecule has 7 heteroatoms. The van der Waals surface area contributed by atoms with Gasteiger partial charge in [0.25, 0.3) is 0 Å². The van der Waals surface area contributed by atoms with Crippen molar-refractivity contribution in [3.05, 3.63) is 42.6 Å². The van der Waals surface area contributed by atoms with Crippen molar-refractivity contribution in [1.82, 2.24) is 9.29 Å². The van der Waals surface area contributed by atoms with Gasteiger partial charge in [0.15, 0.2) is 0 Å². The summed E-state index contributed by atoms with van der Waals surface area (Å²) in [7, 11) is -3.48. The molecular weight excluding hydrogens is 326 g/mol. The van der Waals surface area contributed by atoms with Gasteiger partial charge in [0.1, 0.15) is 16.5 Å². The number of sulfonamides is 1. The molecule has 1 N–H and O–H groups in total. The largest absolute Gasteiger partial charge is 0.494 e. The van der Waals surface area contributed by atoms with Crippen LogP contribution in [-0.4, -0.2) is 37.4 Å². The third-order valence-electron chi connectivity index (χ3n) is 3.52. The normalized spacial score (nSPS) is 11.5. The number of rotatable bonds is 8. The Kier molecular flexibility index (Phi) is 6.16. The summed E-state index contributed by atoms with van der Waals surface area (Å²) in [4.78, 5) is 4.40. The van der Waals surface area contributed by atoms with Crippen molar-refractivity contribution in [3.63, 3.8) is 0 Å². The number of anilines is 2. The van der Waals surface area contributed by atoms with Crippen molar-refractivity contribution >= 4 is 21.5 Å². The molecule has 0 fully saturated rings. The highest BCUT2D eigenvalue weighted by Crippen LogP contribution is 2.21. The minimum absolute atomic E-state index is 0.198. The van der Waals surface area contributed by atoms with Crippen LogP contribution in [0.2, 0.25) is 0 Å². The zero-order valence-electron chi connectivity index (χ0n) is 14.2. The Balaban J connectivity index is 2.12. The Labute approximate surface area is 143 Å². The first-order chi connectivity index (χ1) is 11.5. The van der Waals surface area contributed by atoms with E-state index in [2.05, 4.69) is 10.3 Å². The third kappa shape index (κ3) is 4.24. The molecule has 1 heterocycles. The summed E-state index contributed by atoms with van der Waals surface area (Å²) < 4.78 is 31.6. The number of hydrogen-bond acceptors (Lipinski definition) is 5. The van der Waals surface area contributed by atoms with Crippen molar-refractivity contribution < 1.29 is 13.2 Å². The number of nitrogens with one attached hydrogen (secondary N) is 1. The van der Waals surface area contributed by atoms with Gasteiger partial charge < -0.3 is 10.1 Å². The van der Waals surface area contributed by atoms with Gasteiger partial charge in [-0.2, -0.15) is 4.31 Å². The highest BCUT2D eigenvalue weighted by atomic mass is 32.2. The van der Waals surface area contributed by atoms with E-state index in [9.17, 15) is 8.42 Å². The standard InChI is InChI=1S/C17H23N3O3S/c1-4-20(5-2)24(21,22)16-11-12-17(18-13-16)19-14-7-9-15(10-8-14)23-6-3/h7-13H,4-6H2,1-3H3,(H,18,19). The molecule has 0 bridgehead atoms. The molecule has 6 nitrogen and oxygen atoms in total. The van der Waals surface area contributed by atoms with Gasteiger partial charge in [-0.25, -0.2) is 13.4 Å². The van der Waals surface area contributed by atoms with Gasteiger partial charge in [-0.15, -0.1) is 0 Å². The molecule has 24 heavy (non-hydrogen) atoms. The number of hydrogen-bond donors (Lipinski definition) is 1. The van der Waals surface area contributed by atoms with Crippen LogP contribution in [0.3, 0.4) is 0 Å². The molecule has 2 aromatic rings. The molecule has 1 aromatic carbocycles. The molecule has 0 saturated carbocycles. The SMILES string of the molecule is CCOc1ccc(Nc2ccc(S(=O)(=O)N(CC)CC)cn2)cc1. The summed E-state index contributed by atoms with van der Waals surface area (Å²) in [5, 5.41) is 3.13. The highest BCUT2D eigenvalue weighted by molar-refractivity contribution is 7.89. The van der Waals surface area contributed by atoms with E-state index in [-0.39, 0.29) is 4.90 Å². The van der Waals surface area contributed by atoms with Crippen molar-refractivity contribution in [2.75, 3.05) is 25.0 Å². The van der Waals surface area contributed by atoms with Crippen LogP contribution in [0.25, 0.3) is 0 Å². The highest BCUT2D eigenvalue weighted by Gasteiger charge is 2.21. The topological polar surface area (TPSA) is 71.5 Å². The van der Waals surface area contributed by atoms with Crippen LogP contribution >= 0.6 is 0 Å². The molecule has 0 unspecified atom stereocenters.